The minimum Gasteiger partial charge on any atom is -0.284 e. The Hall–Kier alpha value is -1.38. The zero-order chi connectivity index (χ0) is 15.7. The third-order valence-electron chi connectivity index (χ3n) is 2.75. The highest BCUT2D eigenvalue weighted by molar-refractivity contribution is 7.90. The van der Waals surface area contributed by atoms with Gasteiger partial charge in [-0.15, -0.1) is 0 Å². The van der Waals surface area contributed by atoms with Gasteiger partial charge >= 0.3 is 6.18 Å². The summed E-state index contributed by atoms with van der Waals surface area (Å²) < 4.78 is 60.5. The molecule has 0 saturated heterocycles. The van der Waals surface area contributed by atoms with Crippen LogP contribution in [0.1, 0.15) is 28.2 Å². The Labute approximate surface area is 114 Å². The van der Waals surface area contributed by atoms with Crippen LogP contribution in [0.15, 0.2) is 0 Å². The maximum absolute atomic E-state index is 12.4. The van der Waals surface area contributed by atoms with Gasteiger partial charge in [0, 0.05) is 18.5 Å². The predicted molar refractivity (Wildman–Crippen MR) is 66.4 cm³/mol. The second kappa shape index (κ2) is 5.55. The molecule has 0 atom stereocenters. The fourth-order valence-electron chi connectivity index (χ4n) is 1.86. The van der Waals surface area contributed by atoms with Crippen molar-refractivity contribution in [3.05, 3.63) is 17.0 Å². The van der Waals surface area contributed by atoms with E-state index in [1.165, 1.54) is 18.5 Å². The fourth-order valence-corrected chi connectivity index (χ4v) is 2.51. The topological polar surface area (TPSA) is 69.0 Å². The minimum absolute atomic E-state index is 0.0100. The number of aryl methyl sites for hydroxylation is 2. The molecule has 0 unspecified atom stereocenters. The van der Waals surface area contributed by atoms with Crippen LogP contribution in [0.4, 0.5) is 13.2 Å². The first-order chi connectivity index (χ1) is 8.93. The molecule has 0 aliphatic carbocycles. The number of nitrogens with zero attached hydrogens (tertiary/aromatic N) is 2. The Kier molecular flexibility index (Phi) is 4.62. The first-order valence-electron chi connectivity index (χ1n) is 5.76. The van der Waals surface area contributed by atoms with Crippen molar-refractivity contribution in [3.8, 4) is 0 Å². The molecule has 0 saturated carbocycles. The highest BCUT2D eigenvalue weighted by atomic mass is 32.2. The molecule has 0 spiro atoms. The average molecular weight is 312 g/mol. The Morgan fingerprint density at radius 1 is 1.30 bits per heavy atom. The molecule has 9 heteroatoms. The molecule has 0 amide bonds. The van der Waals surface area contributed by atoms with Gasteiger partial charge in [-0.3, -0.25) is 9.48 Å². The lowest BCUT2D eigenvalue weighted by atomic mass is 10.1. The Morgan fingerprint density at radius 2 is 1.85 bits per heavy atom. The highest BCUT2D eigenvalue weighted by Crippen LogP contribution is 2.25. The maximum atomic E-state index is 12.4. The van der Waals surface area contributed by atoms with Gasteiger partial charge in [0.05, 0.1) is 17.0 Å². The van der Waals surface area contributed by atoms with E-state index in [9.17, 15) is 26.4 Å². The smallest absolute Gasteiger partial charge is 0.284 e. The second-order valence-corrected chi connectivity index (χ2v) is 6.84. The van der Waals surface area contributed by atoms with Crippen molar-refractivity contribution in [1.82, 2.24) is 9.78 Å². The maximum Gasteiger partial charge on any atom is 0.455 e. The lowest BCUT2D eigenvalue weighted by Gasteiger charge is -2.06. The van der Waals surface area contributed by atoms with E-state index >= 15 is 0 Å². The van der Waals surface area contributed by atoms with Gasteiger partial charge in [-0.2, -0.15) is 18.3 Å². The lowest BCUT2D eigenvalue weighted by Crippen LogP contribution is -2.24. The summed E-state index contributed by atoms with van der Waals surface area (Å²) in [6.07, 6.45) is -3.65. The molecule has 0 bridgehead atoms. The van der Waals surface area contributed by atoms with Gasteiger partial charge in [-0.05, 0) is 20.3 Å². The summed E-state index contributed by atoms with van der Waals surface area (Å²) in [4.78, 5) is 11.3. The van der Waals surface area contributed by atoms with Crippen LogP contribution in [0.5, 0.6) is 0 Å². The number of aromatic nitrogens is 2. The standard InChI is InChI=1S/C11H15F3N2O3S/c1-7-9(10(17)11(12,13)14)8(2)16(15-7)5-4-6-20(3,18)19/h4-6H2,1-3H3. The monoisotopic (exact) mass is 312 g/mol. The third-order valence-corrected chi connectivity index (χ3v) is 3.78. The summed E-state index contributed by atoms with van der Waals surface area (Å²) >= 11 is 0. The molecule has 1 heterocycles. The number of rotatable bonds is 5. The van der Waals surface area contributed by atoms with Crippen molar-refractivity contribution in [2.45, 2.75) is 33.0 Å². The summed E-state index contributed by atoms with van der Waals surface area (Å²) in [5.74, 6) is -2.02. The van der Waals surface area contributed by atoms with Crippen LogP contribution < -0.4 is 0 Å². The first-order valence-corrected chi connectivity index (χ1v) is 7.83. The van der Waals surface area contributed by atoms with Gasteiger partial charge in [0.25, 0.3) is 5.78 Å². The van der Waals surface area contributed by atoms with Crippen LogP contribution in [0.25, 0.3) is 0 Å². The second-order valence-electron chi connectivity index (χ2n) is 4.58. The normalized spacial score (nSPS) is 12.7. The minimum atomic E-state index is -4.95. The van der Waals surface area contributed by atoms with E-state index in [1.54, 1.807) is 0 Å². The summed E-state index contributed by atoms with van der Waals surface area (Å²) in [6, 6.07) is 0. The number of ketones is 1. The van der Waals surface area contributed by atoms with Gasteiger partial charge in [-0.1, -0.05) is 0 Å². The molecule has 0 aliphatic heterocycles. The molecule has 1 rings (SSSR count). The summed E-state index contributed by atoms with van der Waals surface area (Å²) in [7, 11) is -3.14. The molecule has 0 N–H and O–H groups in total. The van der Waals surface area contributed by atoms with Crippen LogP contribution in [0, 0.1) is 13.8 Å². The number of carbonyl (C=O) groups is 1. The molecule has 0 radical (unpaired) electrons. The Morgan fingerprint density at radius 3 is 2.30 bits per heavy atom. The molecule has 1 aromatic rings. The van der Waals surface area contributed by atoms with E-state index in [-0.39, 0.29) is 30.1 Å². The number of halogens is 3. The van der Waals surface area contributed by atoms with Crippen molar-refractivity contribution in [1.29, 1.82) is 0 Å². The van der Waals surface area contributed by atoms with E-state index < -0.39 is 27.4 Å². The van der Waals surface area contributed by atoms with Crippen LogP contribution >= 0.6 is 0 Å². The molecule has 20 heavy (non-hydrogen) atoms. The molecule has 5 nitrogen and oxygen atoms in total. The van der Waals surface area contributed by atoms with Crippen LogP contribution in [0.3, 0.4) is 0 Å². The zero-order valence-electron chi connectivity index (χ0n) is 11.3. The van der Waals surface area contributed by atoms with Gasteiger partial charge in [-0.25, -0.2) is 8.42 Å². The quantitative estimate of drug-likeness (QED) is 0.776. The van der Waals surface area contributed by atoms with Gasteiger partial charge in [0.2, 0.25) is 0 Å². The molecule has 0 aliphatic rings. The zero-order valence-corrected chi connectivity index (χ0v) is 12.1. The Bertz CT molecular complexity index is 618. The largest absolute Gasteiger partial charge is 0.455 e. The van der Waals surface area contributed by atoms with Gasteiger partial charge in [0.15, 0.2) is 0 Å². The lowest BCUT2D eigenvalue weighted by molar-refractivity contribution is -0.0886. The summed E-state index contributed by atoms with van der Waals surface area (Å²) in [6.45, 7) is 2.82. The van der Waals surface area contributed by atoms with E-state index in [1.807, 2.05) is 0 Å². The molecule has 0 aromatic carbocycles. The molecule has 1 aromatic heterocycles. The van der Waals surface area contributed by atoms with Crippen molar-refractivity contribution < 1.29 is 26.4 Å². The molecular formula is C11H15F3N2O3S. The number of hydrogen-bond acceptors (Lipinski definition) is 4. The molecule has 114 valence electrons. The van der Waals surface area contributed by atoms with Gasteiger partial charge in [0.1, 0.15) is 9.84 Å². The van der Waals surface area contributed by atoms with Crippen molar-refractivity contribution in [3.63, 3.8) is 0 Å². The summed E-state index contributed by atoms with van der Waals surface area (Å²) in [5, 5.41) is 3.87. The number of Topliss-reactive ketones (excluding diaryl/α,β-unsaturated/α-hetero) is 1. The average Bonchev–Trinajstić information content (AvgIpc) is 2.50. The highest BCUT2D eigenvalue weighted by Gasteiger charge is 2.42. The van der Waals surface area contributed by atoms with E-state index in [0.717, 1.165) is 6.26 Å². The number of alkyl halides is 3. The molecule has 0 fully saturated rings. The SMILES string of the molecule is Cc1nn(CCCS(C)(=O)=O)c(C)c1C(=O)C(F)(F)F. The van der Waals surface area contributed by atoms with E-state index in [4.69, 9.17) is 0 Å². The summed E-state index contributed by atoms with van der Waals surface area (Å²) in [5.41, 5.74) is -0.376. The van der Waals surface area contributed by atoms with Crippen LogP contribution in [-0.2, 0) is 16.4 Å². The number of sulfone groups is 1. The molecular weight excluding hydrogens is 297 g/mol. The van der Waals surface area contributed by atoms with Crippen molar-refractivity contribution in [2.24, 2.45) is 0 Å². The van der Waals surface area contributed by atoms with Crippen LogP contribution in [0.2, 0.25) is 0 Å². The van der Waals surface area contributed by atoms with Gasteiger partial charge < -0.3 is 0 Å². The fraction of sp³-hybridized carbons (Fsp3) is 0.636. The number of hydrogen-bond donors (Lipinski definition) is 0. The third kappa shape index (κ3) is 4.06. The predicted octanol–water partition coefficient (Wildman–Crippen LogP) is 1.68. The van der Waals surface area contributed by atoms with Crippen LogP contribution in [-0.4, -0.2) is 42.2 Å². The van der Waals surface area contributed by atoms with E-state index in [2.05, 4.69) is 5.10 Å². The van der Waals surface area contributed by atoms with Crippen molar-refractivity contribution in [2.75, 3.05) is 12.0 Å². The first kappa shape index (κ1) is 16.7. The van der Waals surface area contributed by atoms with Crippen molar-refractivity contribution >= 4 is 15.6 Å². The Balaban J connectivity index is 2.96. The number of carbonyl (C=O) groups excluding carboxylic acids is 1. The van der Waals surface area contributed by atoms with E-state index in [0.29, 0.717) is 0 Å².